The summed E-state index contributed by atoms with van der Waals surface area (Å²) in [5.41, 5.74) is -0.296. The van der Waals surface area contributed by atoms with E-state index in [4.69, 9.17) is 9.47 Å². The van der Waals surface area contributed by atoms with Gasteiger partial charge in [0.25, 0.3) is 5.91 Å². The highest BCUT2D eigenvalue weighted by molar-refractivity contribution is 5.78. The van der Waals surface area contributed by atoms with E-state index in [1.165, 1.54) is 12.1 Å². The molecule has 1 N–H and O–H groups in total. The van der Waals surface area contributed by atoms with Crippen molar-refractivity contribution in [2.75, 3.05) is 6.61 Å². The molecule has 3 rings (SSSR count). The van der Waals surface area contributed by atoms with E-state index in [2.05, 4.69) is 5.32 Å². The maximum atomic E-state index is 12.8. The number of alkyl halides is 3. The summed E-state index contributed by atoms with van der Waals surface area (Å²) >= 11 is 0. The van der Waals surface area contributed by atoms with Crippen LogP contribution in [0, 0.1) is 0 Å². The molecule has 1 amide bonds. The van der Waals surface area contributed by atoms with Gasteiger partial charge in [-0.1, -0.05) is 38.1 Å². The topological polar surface area (TPSA) is 47.6 Å². The second-order valence-electron chi connectivity index (χ2n) is 7.17. The number of para-hydroxylation sites is 1. The molecule has 0 fully saturated rings. The molecule has 1 unspecified atom stereocenters. The Labute approximate surface area is 168 Å². The average molecular weight is 407 g/mol. The van der Waals surface area contributed by atoms with Crippen LogP contribution in [0.1, 0.15) is 50.3 Å². The van der Waals surface area contributed by atoms with Gasteiger partial charge in [-0.05, 0) is 37.1 Å². The molecule has 29 heavy (non-hydrogen) atoms. The van der Waals surface area contributed by atoms with Crippen LogP contribution in [-0.4, -0.2) is 18.1 Å². The zero-order valence-electron chi connectivity index (χ0n) is 16.4. The molecule has 0 saturated heterocycles. The van der Waals surface area contributed by atoms with E-state index in [1.54, 1.807) is 0 Å². The minimum absolute atomic E-state index is 0.00110. The molecule has 1 aliphatic heterocycles. The van der Waals surface area contributed by atoms with Gasteiger partial charge in [0.2, 0.25) is 0 Å². The molecule has 0 saturated carbocycles. The van der Waals surface area contributed by atoms with Gasteiger partial charge >= 0.3 is 6.18 Å². The molecule has 7 heteroatoms. The van der Waals surface area contributed by atoms with Crippen LogP contribution in [0.4, 0.5) is 13.2 Å². The minimum Gasteiger partial charge on any atom is -0.487 e. The Morgan fingerprint density at radius 1 is 1.17 bits per heavy atom. The van der Waals surface area contributed by atoms with Gasteiger partial charge in [0, 0.05) is 12.0 Å². The number of halogens is 3. The highest BCUT2D eigenvalue weighted by Crippen LogP contribution is 2.42. The largest absolute Gasteiger partial charge is 0.487 e. The molecule has 0 aromatic heterocycles. The third-order valence-electron chi connectivity index (χ3n) is 5.35. The molecule has 0 aliphatic carbocycles. The fraction of sp³-hybridized carbons (Fsp3) is 0.409. The maximum Gasteiger partial charge on any atom is 0.416 e. The lowest BCUT2D eigenvalue weighted by Gasteiger charge is -2.41. The fourth-order valence-electron chi connectivity index (χ4n) is 3.58. The number of ether oxygens (including phenoxy) is 2. The highest BCUT2D eigenvalue weighted by Gasteiger charge is 2.39. The van der Waals surface area contributed by atoms with Gasteiger partial charge in [0.15, 0.2) is 6.61 Å². The highest BCUT2D eigenvalue weighted by atomic mass is 19.4. The van der Waals surface area contributed by atoms with Gasteiger partial charge in [-0.15, -0.1) is 0 Å². The zero-order chi connectivity index (χ0) is 21.1. The van der Waals surface area contributed by atoms with Crippen LogP contribution >= 0.6 is 0 Å². The van der Waals surface area contributed by atoms with E-state index in [0.29, 0.717) is 6.42 Å². The van der Waals surface area contributed by atoms with Crippen molar-refractivity contribution in [3.63, 3.8) is 0 Å². The van der Waals surface area contributed by atoms with E-state index < -0.39 is 17.6 Å². The van der Waals surface area contributed by atoms with E-state index in [0.717, 1.165) is 36.3 Å². The van der Waals surface area contributed by atoms with Crippen molar-refractivity contribution in [1.29, 1.82) is 0 Å². The smallest absolute Gasteiger partial charge is 0.416 e. The maximum absolute atomic E-state index is 12.8. The summed E-state index contributed by atoms with van der Waals surface area (Å²) in [6, 6.07) is 11.8. The predicted molar refractivity (Wildman–Crippen MR) is 103 cm³/mol. The third kappa shape index (κ3) is 4.83. The first kappa shape index (κ1) is 21.0. The summed E-state index contributed by atoms with van der Waals surface area (Å²) in [5.74, 6) is 0.343. The van der Waals surface area contributed by atoms with Crippen molar-refractivity contribution in [3.05, 3.63) is 59.7 Å². The molecule has 2 aromatic rings. The quantitative estimate of drug-likeness (QED) is 0.709. The number of amides is 1. The second kappa shape index (κ2) is 8.35. The molecule has 1 aliphatic rings. The normalized spacial score (nSPS) is 17.8. The van der Waals surface area contributed by atoms with Gasteiger partial charge in [-0.2, -0.15) is 13.2 Å². The van der Waals surface area contributed by atoms with Crippen molar-refractivity contribution in [2.24, 2.45) is 0 Å². The SMILES string of the molecule is CCC1(CC)CC(NC(=O)COc2cccc(C(F)(F)F)c2)c2ccccc2O1. The Bertz CT molecular complexity index is 862. The number of hydrogen-bond donors (Lipinski definition) is 1. The van der Waals surface area contributed by atoms with Gasteiger partial charge in [0.05, 0.1) is 11.6 Å². The lowest BCUT2D eigenvalue weighted by Crippen LogP contribution is -2.45. The van der Waals surface area contributed by atoms with Crippen LogP contribution in [0.15, 0.2) is 48.5 Å². The van der Waals surface area contributed by atoms with Crippen molar-refractivity contribution in [1.82, 2.24) is 5.32 Å². The zero-order valence-corrected chi connectivity index (χ0v) is 16.4. The average Bonchev–Trinajstić information content (AvgIpc) is 2.71. The molecule has 1 atom stereocenters. The summed E-state index contributed by atoms with van der Waals surface area (Å²) in [4.78, 5) is 12.5. The van der Waals surface area contributed by atoms with Crippen LogP contribution in [0.5, 0.6) is 11.5 Å². The summed E-state index contributed by atoms with van der Waals surface area (Å²) in [5, 5.41) is 2.95. The van der Waals surface area contributed by atoms with Gasteiger partial charge in [-0.3, -0.25) is 4.79 Å². The molecule has 4 nitrogen and oxygen atoms in total. The first-order valence-electron chi connectivity index (χ1n) is 9.63. The van der Waals surface area contributed by atoms with Crippen LogP contribution in [0.25, 0.3) is 0 Å². The summed E-state index contributed by atoms with van der Waals surface area (Å²) in [7, 11) is 0. The molecule has 156 valence electrons. The Kier molecular flexibility index (Phi) is 6.05. The standard InChI is InChI=1S/C22H24F3NO3/c1-3-21(4-2)13-18(17-10-5-6-11-19(17)29-21)26-20(27)14-28-16-9-7-8-15(12-16)22(23,24)25/h5-12,18H,3-4,13-14H2,1-2H3,(H,26,27). The number of hydrogen-bond acceptors (Lipinski definition) is 3. The summed E-state index contributed by atoms with van der Waals surface area (Å²) in [6.45, 7) is 3.73. The number of nitrogens with one attached hydrogen (secondary N) is 1. The van der Waals surface area contributed by atoms with Gasteiger partial charge < -0.3 is 14.8 Å². The number of carbonyl (C=O) groups is 1. The summed E-state index contributed by atoms with van der Waals surface area (Å²) in [6.07, 6.45) is -2.25. The van der Waals surface area contributed by atoms with E-state index in [-0.39, 0.29) is 24.0 Å². The Balaban J connectivity index is 1.69. The van der Waals surface area contributed by atoms with Gasteiger partial charge in [0.1, 0.15) is 17.1 Å². The van der Waals surface area contributed by atoms with Crippen molar-refractivity contribution >= 4 is 5.91 Å². The van der Waals surface area contributed by atoms with Crippen LogP contribution < -0.4 is 14.8 Å². The van der Waals surface area contributed by atoms with Crippen molar-refractivity contribution < 1.29 is 27.4 Å². The molecule has 0 bridgehead atoms. The Hall–Kier alpha value is -2.70. The van der Waals surface area contributed by atoms with Crippen molar-refractivity contribution in [3.8, 4) is 11.5 Å². The fourth-order valence-corrected chi connectivity index (χ4v) is 3.58. The number of benzene rings is 2. The summed E-state index contributed by atoms with van der Waals surface area (Å²) < 4.78 is 49.9. The third-order valence-corrected chi connectivity index (χ3v) is 5.35. The van der Waals surface area contributed by atoms with Crippen LogP contribution in [-0.2, 0) is 11.0 Å². The molecule has 0 spiro atoms. The van der Waals surface area contributed by atoms with Crippen LogP contribution in [0.2, 0.25) is 0 Å². The van der Waals surface area contributed by atoms with E-state index in [1.807, 2.05) is 38.1 Å². The van der Waals surface area contributed by atoms with E-state index in [9.17, 15) is 18.0 Å². The van der Waals surface area contributed by atoms with Crippen LogP contribution in [0.3, 0.4) is 0 Å². The number of fused-ring (bicyclic) bond motifs is 1. The monoisotopic (exact) mass is 407 g/mol. The van der Waals surface area contributed by atoms with Gasteiger partial charge in [-0.25, -0.2) is 0 Å². The first-order chi connectivity index (χ1) is 13.8. The van der Waals surface area contributed by atoms with Crippen molar-refractivity contribution in [2.45, 2.75) is 50.9 Å². The Morgan fingerprint density at radius 2 is 1.90 bits per heavy atom. The molecule has 1 heterocycles. The lowest BCUT2D eigenvalue weighted by atomic mass is 9.83. The minimum atomic E-state index is -4.46. The molecular formula is C22H24F3NO3. The second-order valence-corrected chi connectivity index (χ2v) is 7.17. The predicted octanol–water partition coefficient (Wildman–Crippen LogP) is 5.28. The molecule has 0 radical (unpaired) electrons. The van der Waals surface area contributed by atoms with E-state index >= 15 is 0 Å². The molecule has 2 aromatic carbocycles. The first-order valence-corrected chi connectivity index (χ1v) is 9.63. The molecular weight excluding hydrogens is 383 g/mol. The Morgan fingerprint density at radius 3 is 2.59 bits per heavy atom. The number of carbonyl (C=O) groups excluding carboxylic acids is 1. The lowest BCUT2D eigenvalue weighted by molar-refractivity contribution is -0.137. The number of rotatable bonds is 6.